The molecule has 2 fully saturated rings. The lowest BCUT2D eigenvalue weighted by Crippen LogP contribution is -2.57. The van der Waals surface area contributed by atoms with Crippen molar-refractivity contribution in [1.82, 2.24) is 38.3 Å². The first-order valence-corrected chi connectivity index (χ1v) is 15.7. The van der Waals surface area contributed by atoms with Crippen LogP contribution in [-0.4, -0.2) is 104 Å². The Balaban J connectivity index is 1.44. The van der Waals surface area contributed by atoms with E-state index >= 15 is 0 Å². The van der Waals surface area contributed by atoms with Crippen molar-refractivity contribution in [2.75, 3.05) is 50.5 Å². The Morgan fingerprint density at radius 1 is 0.975 bits per heavy atom. The van der Waals surface area contributed by atoms with Crippen molar-refractivity contribution in [3.63, 3.8) is 0 Å². The number of aryl methyl sites for hydroxylation is 2. The fourth-order valence-corrected chi connectivity index (χ4v) is 7.09. The maximum absolute atomic E-state index is 12.3. The van der Waals surface area contributed by atoms with Gasteiger partial charge >= 0.3 is 0 Å². The number of imidazole rings is 2. The number of aromatic nitrogens is 6. The molecule has 0 radical (unpaired) electrons. The molecule has 1 aromatic carbocycles. The van der Waals surface area contributed by atoms with Crippen LogP contribution >= 0.6 is 0 Å². The SMILES string of the molecule is CCc1nc2ccccc2n1-c1nc(N2CCOCC2)c2nc(CN3CC(C)N(S(C)(=O)=O)C[C@@H]3C)n(C)c2n1. The van der Waals surface area contributed by atoms with Crippen LogP contribution in [0.2, 0.25) is 0 Å². The van der Waals surface area contributed by atoms with Crippen LogP contribution in [0.4, 0.5) is 5.82 Å². The number of hydrogen-bond donors (Lipinski definition) is 0. The first-order chi connectivity index (χ1) is 19.2. The first-order valence-electron chi connectivity index (χ1n) is 13.9. The predicted molar refractivity (Wildman–Crippen MR) is 154 cm³/mol. The minimum absolute atomic E-state index is 0.0514. The summed E-state index contributed by atoms with van der Waals surface area (Å²) >= 11 is 0. The summed E-state index contributed by atoms with van der Waals surface area (Å²) < 4.78 is 35.9. The van der Waals surface area contributed by atoms with Crippen LogP contribution in [0.3, 0.4) is 0 Å². The number of sulfonamides is 1. The molecule has 0 aliphatic carbocycles. The van der Waals surface area contributed by atoms with Crippen molar-refractivity contribution >= 4 is 38.0 Å². The Bertz CT molecular complexity index is 1660. The number of para-hydroxylation sites is 2. The van der Waals surface area contributed by atoms with Crippen molar-refractivity contribution in [2.24, 2.45) is 7.05 Å². The van der Waals surface area contributed by atoms with Gasteiger partial charge in [-0.05, 0) is 26.0 Å². The van der Waals surface area contributed by atoms with E-state index in [-0.39, 0.29) is 12.1 Å². The third-order valence-corrected chi connectivity index (χ3v) is 9.43. The van der Waals surface area contributed by atoms with E-state index in [1.54, 1.807) is 4.31 Å². The van der Waals surface area contributed by atoms with E-state index in [1.165, 1.54) is 6.26 Å². The molecule has 40 heavy (non-hydrogen) atoms. The largest absolute Gasteiger partial charge is 0.378 e. The standard InChI is InChI=1S/C27H37N9O3S/c1-6-22-28-20-9-7-8-10-21(20)36(22)27-30-25-24(26(31-27)33-11-13-39-14-12-33)29-23(32(25)4)17-34-15-19(3)35(16-18(34)2)40(5,37)38/h7-10,18-19H,6,11-17H2,1-5H3/t18-,19?/m0/s1. The highest BCUT2D eigenvalue weighted by Crippen LogP contribution is 2.29. The van der Waals surface area contributed by atoms with Crippen LogP contribution in [0.5, 0.6) is 0 Å². The molecule has 214 valence electrons. The predicted octanol–water partition coefficient (Wildman–Crippen LogP) is 1.96. The smallest absolute Gasteiger partial charge is 0.239 e. The number of ether oxygens (including phenoxy) is 1. The topological polar surface area (TPSA) is 115 Å². The highest BCUT2D eigenvalue weighted by molar-refractivity contribution is 7.88. The fraction of sp³-hybridized carbons (Fsp3) is 0.556. The lowest BCUT2D eigenvalue weighted by molar-refractivity contribution is 0.0839. The quantitative estimate of drug-likeness (QED) is 0.345. The number of benzene rings is 1. The van der Waals surface area contributed by atoms with Crippen molar-refractivity contribution in [3.8, 4) is 5.95 Å². The molecule has 0 bridgehead atoms. The summed E-state index contributed by atoms with van der Waals surface area (Å²) in [6.45, 7) is 10.5. The van der Waals surface area contributed by atoms with E-state index in [0.717, 1.165) is 59.2 Å². The van der Waals surface area contributed by atoms with Crippen LogP contribution in [0.1, 0.15) is 32.4 Å². The van der Waals surface area contributed by atoms with E-state index in [2.05, 4.69) is 38.8 Å². The van der Waals surface area contributed by atoms with Gasteiger partial charge in [0.15, 0.2) is 17.0 Å². The Morgan fingerprint density at radius 3 is 2.45 bits per heavy atom. The van der Waals surface area contributed by atoms with E-state index < -0.39 is 10.0 Å². The van der Waals surface area contributed by atoms with Gasteiger partial charge in [-0.1, -0.05) is 19.1 Å². The second-order valence-corrected chi connectivity index (χ2v) is 12.8. The lowest BCUT2D eigenvalue weighted by Gasteiger charge is -2.42. The molecule has 5 heterocycles. The molecule has 4 aromatic rings. The maximum Gasteiger partial charge on any atom is 0.239 e. The summed E-state index contributed by atoms with van der Waals surface area (Å²) in [5.74, 6) is 3.16. The van der Waals surface area contributed by atoms with Gasteiger partial charge in [-0.25, -0.2) is 18.4 Å². The summed E-state index contributed by atoms with van der Waals surface area (Å²) in [4.78, 5) is 24.7. The van der Waals surface area contributed by atoms with Crippen molar-refractivity contribution in [3.05, 3.63) is 35.9 Å². The van der Waals surface area contributed by atoms with Crippen molar-refractivity contribution < 1.29 is 13.2 Å². The molecule has 0 amide bonds. The highest BCUT2D eigenvalue weighted by Gasteiger charge is 2.35. The number of fused-ring (bicyclic) bond motifs is 2. The second kappa shape index (κ2) is 10.4. The van der Waals surface area contributed by atoms with E-state index in [4.69, 9.17) is 24.7 Å². The van der Waals surface area contributed by atoms with Crippen LogP contribution in [0.15, 0.2) is 24.3 Å². The van der Waals surface area contributed by atoms with Gasteiger partial charge in [0.2, 0.25) is 16.0 Å². The molecule has 13 heteroatoms. The number of piperazine rings is 1. The minimum Gasteiger partial charge on any atom is -0.378 e. The molecular formula is C27H37N9O3S. The van der Waals surface area contributed by atoms with E-state index in [1.807, 2.05) is 32.2 Å². The number of rotatable bonds is 6. The van der Waals surface area contributed by atoms with Crippen LogP contribution in [-0.2, 0) is 34.8 Å². The minimum atomic E-state index is -3.25. The van der Waals surface area contributed by atoms with E-state index in [9.17, 15) is 8.42 Å². The summed E-state index contributed by atoms with van der Waals surface area (Å²) in [5, 5.41) is 0. The van der Waals surface area contributed by atoms with Crippen molar-refractivity contribution in [2.45, 2.75) is 45.8 Å². The molecule has 6 rings (SSSR count). The van der Waals surface area contributed by atoms with Crippen LogP contribution in [0.25, 0.3) is 28.1 Å². The van der Waals surface area contributed by atoms with Crippen molar-refractivity contribution in [1.29, 1.82) is 0 Å². The third kappa shape index (κ3) is 4.74. The molecule has 0 N–H and O–H groups in total. The van der Waals surface area contributed by atoms with Crippen LogP contribution in [0, 0.1) is 0 Å². The van der Waals surface area contributed by atoms with E-state index in [0.29, 0.717) is 38.8 Å². The van der Waals surface area contributed by atoms with Gasteiger partial charge in [-0.3, -0.25) is 9.47 Å². The number of hydrogen-bond acceptors (Lipinski definition) is 9. The van der Waals surface area contributed by atoms with Gasteiger partial charge < -0.3 is 14.2 Å². The zero-order valence-corrected chi connectivity index (χ0v) is 24.6. The van der Waals surface area contributed by atoms with Gasteiger partial charge in [0.25, 0.3) is 0 Å². The average molecular weight is 568 g/mol. The second-order valence-electron chi connectivity index (χ2n) is 10.9. The lowest BCUT2D eigenvalue weighted by atomic mass is 10.1. The fourth-order valence-electron chi connectivity index (χ4n) is 5.88. The molecule has 0 saturated carbocycles. The van der Waals surface area contributed by atoms with Crippen LogP contribution < -0.4 is 4.90 Å². The van der Waals surface area contributed by atoms with Gasteiger partial charge in [0.05, 0.1) is 37.0 Å². The Labute approximate surface area is 234 Å². The highest BCUT2D eigenvalue weighted by atomic mass is 32.2. The Hall–Kier alpha value is -3.13. The third-order valence-electron chi connectivity index (χ3n) is 8.07. The average Bonchev–Trinajstić information content (AvgIpc) is 3.47. The normalized spacial score (nSPS) is 21.6. The molecule has 2 atom stereocenters. The molecule has 2 aliphatic heterocycles. The van der Waals surface area contributed by atoms with Gasteiger partial charge in [0, 0.05) is 51.7 Å². The van der Waals surface area contributed by atoms with Gasteiger partial charge in [0.1, 0.15) is 11.6 Å². The van der Waals surface area contributed by atoms with Gasteiger partial charge in [-0.15, -0.1) is 0 Å². The van der Waals surface area contributed by atoms with Gasteiger partial charge in [-0.2, -0.15) is 14.3 Å². The zero-order chi connectivity index (χ0) is 28.2. The summed E-state index contributed by atoms with van der Waals surface area (Å²) in [7, 11) is -1.26. The number of anilines is 1. The Morgan fingerprint density at radius 2 is 1.73 bits per heavy atom. The molecule has 3 aromatic heterocycles. The molecule has 12 nitrogen and oxygen atoms in total. The Kier molecular flexibility index (Phi) is 7.01. The molecule has 1 unspecified atom stereocenters. The molecule has 2 aliphatic rings. The summed E-state index contributed by atoms with van der Waals surface area (Å²) in [6.07, 6.45) is 2.03. The molecular weight excluding hydrogens is 530 g/mol. The zero-order valence-electron chi connectivity index (χ0n) is 23.8. The number of morpholine rings is 1. The molecule has 2 saturated heterocycles. The summed E-state index contributed by atoms with van der Waals surface area (Å²) in [5.41, 5.74) is 3.41. The monoisotopic (exact) mass is 567 g/mol. The molecule has 0 spiro atoms. The summed E-state index contributed by atoms with van der Waals surface area (Å²) in [6, 6.07) is 8.01. The first kappa shape index (κ1) is 27.1. The number of nitrogens with zero attached hydrogens (tertiary/aromatic N) is 9. The maximum atomic E-state index is 12.3.